The number of carbonyl (C=O) groups excluding carboxylic acids is 1. The molecule has 2 aromatic rings. The lowest BCUT2D eigenvalue weighted by molar-refractivity contribution is -0.105. The predicted octanol–water partition coefficient (Wildman–Crippen LogP) is 1.58. The van der Waals surface area contributed by atoms with Gasteiger partial charge in [-0.2, -0.15) is 0 Å². The molecule has 0 aliphatic carbocycles. The van der Waals surface area contributed by atoms with Crippen molar-refractivity contribution in [3.63, 3.8) is 0 Å². The fourth-order valence-corrected chi connectivity index (χ4v) is 1.19. The molecule has 4 heteroatoms. The molecule has 0 aliphatic rings. The molecule has 13 heavy (non-hydrogen) atoms. The number of hydrogen-bond acceptors (Lipinski definition) is 3. The molecule has 1 heterocycles. The van der Waals surface area contributed by atoms with Crippen molar-refractivity contribution in [1.82, 2.24) is 0 Å². The van der Waals surface area contributed by atoms with E-state index in [1.807, 2.05) is 0 Å². The van der Waals surface area contributed by atoms with Gasteiger partial charge in [0, 0.05) is 17.1 Å². The summed E-state index contributed by atoms with van der Waals surface area (Å²) < 4.78 is 5.27. The summed E-state index contributed by atoms with van der Waals surface area (Å²) in [6.45, 7) is 0. The fourth-order valence-electron chi connectivity index (χ4n) is 1.19. The Labute approximate surface area is 74.3 Å². The molecule has 0 saturated carbocycles. The lowest BCUT2D eigenvalue weighted by Gasteiger charge is -1.89. The summed E-state index contributed by atoms with van der Waals surface area (Å²) in [5.41, 5.74) is 6.95. The van der Waals surface area contributed by atoms with Crippen LogP contribution >= 0.6 is 0 Å². The standard InChI is InChI=1S/C9H8N2O2/c10-7-1-2-8-6(3-7)4-9(13-8)11-5-12/h1-5H,10H2,(H,11,12). The molecule has 66 valence electrons. The molecule has 0 saturated heterocycles. The van der Waals surface area contributed by atoms with Crippen LogP contribution in [0.2, 0.25) is 0 Å². The van der Waals surface area contributed by atoms with E-state index in [1.165, 1.54) is 0 Å². The van der Waals surface area contributed by atoms with Crippen molar-refractivity contribution in [3.8, 4) is 0 Å². The van der Waals surface area contributed by atoms with Crippen LogP contribution in [0.1, 0.15) is 0 Å². The topological polar surface area (TPSA) is 68.3 Å². The third-order valence-electron chi connectivity index (χ3n) is 1.74. The van der Waals surface area contributed by atoms with Gasteiger partial charge >= 0.3 is 0 Å². The van der Waals surface area contributed by atoms with Crippen LogP contribution in [0, 0.1) is 0 Å². The first kappa shape index (κ1) is 7.67. The number of carbonyl (C=O) groups is 1. The van der Waals surface area contributed by atoms with Gasteiger partial charge in [-0.25, -0.2) is 0 Å². The third-order valence-corrected chi connectivity index (χ3v) is 1.74. The molecule has 3 N–H and O–H groups in total. The van der Waals surface area contributed by atoms with Crippen LogP contribution in [0.25, 0.3) is 11.0 Å². The zero-order chi connectivity index (χ0) is 9.26. The summed E-state index contributed by atoms with van der Waals surface area (Å²) in [7, 11) is 0. The fraction of sp³-hybridized carbons (Fsp3) is 0. The Kier molecular flexibility index (Phi) is 1.66. The van der Waals surface area contributed by atoms with Gasteiger partial charge in [-0.3, -0.25) is 10.1 Å². The molecule has 0 radical (unpaired) electrons. The number of hydrogen-bond donors (Lipinski definition) is 2. The number of nitrogen functional groups attached to an aromatic ring is 1. The molecular formula is C9H8N2O2. The van der Waals surface area contributed by atoms with E-state index in [9.17, 15) is 4.79 Å². The number of anilines is 2. The Morgan fingerprint density at radius 1 is 1.38 bits per heavy atom. The van der Waals surface area contributed by atoms with Crippen molar-refractivity contribution in [2.24, 2.45) is 0 Å². The van der Waals surface area contributed by atoms with Crippen LogP contribution in [-0.2, 0) is 4.79 Å². The lowest BCUT2D eigenvalue weighted by atomic mass is 10.2. The summed E-state index contributed by atoms with van der Waals surface area (Å²) in [6, 6.07) is 7.02. The molecule has 0 aliphatic heterocycles. The van der Waals surface area contributed by atoms with Gasteiger partial charge in [-0.1, -0.05) is 0 Å². The second-order valence-corrected chi connectivity index (χ2v) is 2.67. The van der Waals surface area contributed by atoms with Crippen molar-refractivity contribution in [2.75, 3.05) is 11.1 Å². The molecule has 0 fully saturated rings. The second kappa shape index (κ2) is 2.82. The summed E-state index contributed by atoms with van der Waals surface area (Å²) in [4.78, 5) is 10.1. The van der Waals surface area contributed by atoms with Crippen LogP contribution in [0.5, 0.6) is 0 Å². The van der Waals surface area contributed by atoms with Gasteiger partial charge in [-0.15, -0.1) is 0 Å². The Bertz CT molecular complexity index is 448. The first-order chi connectivity index (χ1) is 6.29. The normalized spacial score (nSPS) is 10.2. The van der Waals surface area contributed by atoms with Crippen LogP contribution in [-0.4, -0.2) is 6.41 Å². The molecule has 0 unspecified atom stereocenters. The van der Waals surface area contributed by atoms with E-state index in [1.54, 1.807) is 24.3 Å². The maximum Gasteiger partial charge on any atom is 0.213 e. The molecule has 0 atom stereocenters. The van der Waals surface area contributed by atoms with Crippen LogP contribution in [0.4, 0.5) is 11.6 Å². The minimum absolute atomic E-state index is 0.426. The Hall–Kier alpha value is -1.97. The maximum absolute atomic E-state index is 10.1. The zero-order valence-electron chi connectivity index (χ0n) is 6.78. The quantitative estimate of drug-likeness (QED) is 0.539. The lowest BCUT2D eigenvalue weighted by Crippen LogP contribution is -1.89. The van der Waals surface area contributed by atoms with Crippen LogP contribution in [0.3, 0.4) is 0 Å². The molecule has 0 bridgehead atoms. The summed E-state index contributed by atoms with van der Waals surface area (Å²) in [5.74, 6) is 0.426. The van der Waals surface area contributed by atoms with Gasteiger partial charge in [0.25, 0.3) is 0 Å². The molecule has 1 aromatic carbocycles. The highest BCUT2D eigenvalue weighted by Crippen LogP contribution is 2.24. The first-order valence-electron chi connectivity index (χ1n) is 3.79. The number of fused-ring (bicyclic) bond motifs is 1. The molecule has 1 amide bonds. The number of rotatable bonds is 2. The van der Waals surface area contributed by atoms with Gasteiger partial charge < -0.3 is 10.2 Å². The Morgan fingerprint density at radius 2 is 2.23 bits per heavy atom. The average Bonchev–Trinajstić information content (AvgIpc) is 2.46. The van der Waals surface area contributed by atoms with Gasteiger partial charge in [0.05, 0.1) is 0 Å². The highest BCUT2D eigenvalue weighted by atomic mass is 16.4. The minimum atomic E-state index is 0.426. The van der Waals surface area contributed by atoms with Crippen molar-refractivity contribution in [3.05, 3.63) is 24.3 Å². The Balaban J connectivity index is 2.55. The number of furan rings is 1. The Morgan fingerprint density at radius 3 is 3.00 bits per heavy atom. The van der Waals surface area contributed by atoms with Crippen LogP contribution in [0.15, 0.2) is 28.7 Å². The van der Waals surface area contributed by atoms with E-state index in [0.29, 0.717) is 23.6 Å². The molecular weight excluding hydrogens is 168 g/mol. The average molecular weight is 176 g/mol. The van der Waals surface area contributed by atoms with Crippen molar-refractivity contribution in [2.45, 2.75) is 0 Å². The zero-order valence-corrected chi connectivity index (χ0v) is 6.78. The monoisotopic (exact) mass is 176 g/mol. The smallest absolute Gasteiger partial charge is 0.213 e. The SMILES string of the molecule is Nc1ccc2oc(NC=O)cc2c1. The molecule has 2 rings (SSSR count). The number of nitrogens with one attached hydrogen (secondary N) is 1. The first-order valence-corrected chi connectivity index (χ1v) is 3.79. The van der Waals surface area contributed by atoms with Crippen molar-refractivity contribution in [1.29, 1.82) is 0 Å². The van der Waals surface area contributed by atoms with E-state index < -0.39 is 0 Å². The minimum Gasteiger partial charge on any atom is -0.440 e. The van der Waals surface area contributed by atoms with Gasteiger partial charge in [0.2, 0.25) is 12.3 Å². The van der Waals surface area contributed by atoms with Gasteiger partial charge in [-0.05, 0) is 18.2 Å². The van der Waals surface area contributed by atoms with E-state index in [0.717, 1.165) is 5.39 Å². The summed E-state index contributed by atoms with van der Waals surface area (Å²) >= 11 is 0. The van der Waals surface area contributed by atoms with Crippen molar-refractivity contribution < 1.29 is 9.21 Å². The number of benzene rings is 1. The maximum atomic E-state index is 10.1. The van der Waals surface area contributed by atoms with E-state index in [2.05, 4.69) is 5.32 Å². The predicted molar refractivity (Wildman–Crippen MR) is 50.3 cm³/mol. The highest BCUT2D eigenvalue weighted by Gasteiger charge is 2.01. The van der Waals surface area contributed by atoms with Crippen molar-refractivity contribution >= 4 is 29.0 Å². The summed E-state index contributed by atoms with van der Waals surface area (Å²) in [5, 5.41) is 3.31. The molecule has 1 aromatic heterocycles. The van der Waals surface area contributed by atoms with Gasteiger partial charge in [0.15, 0.2) is 0 Å². The number of amides is 1. The van der Waals surface area contributed by atoms with E-state index in [4.69, 9.17) is 10.2 Å². The molecule has 0 spiro atoms. The molecule has 4 nitrogen and oxygen atoms in total. The van der Waals surface area contributed by atoms with E-state index in [-0.39, 0.29) is 0 Å². The largest absolute Gasteiger partial charge is 0.440 e. The highest BCUT2D eigenvalue weighted by molar-refractivity contribution is 5.85. The third kappa shape index (κ3) is 1.33. The second-order valence-electron chi connectivity index (χ2n) is 2.67. The van der Waals surface area contributed by atoms with E-state index >= 15 is 0 Å². The number of nitrogens with two attached hydrogens (primary N) is 1. The summed E-state index contributed by atoms with van der Waals surface area (Å²) in [6.07, 6.45) is 0.571. The van der Waals surface area contributed by atoms with Crippen LogP contribution < -0.4 is 11.1 Å². The van der Waals surface area contributed by atoms with Gasteiger partial charge in [0.1, 0.15) is 5.58 Å².